The lowest BCUT2D eigenvalue weighted by Crippen LogP contribution is -2.02. The number of aromatic nitrogens is 4. The quantitative estimate of drug-likeness (QED) is 0.403. The summed E-state index contributed by atoms with van der Waals surface area (Å²) in [7, 11) is 0. The van der Waals surface area contributed by atoms with Crippen molar-refractivity contribution in [2.75, 3.05) is 0 Å². The van der Waals surface area contributed by atoms with Crippen molar-refractivity contribution in [2.45, 2.75) is 17.7 Å². The molecule has 6 heteroatoms. The van der Waals surface area contributed by atoms with Crippen LogP contribution in [0.4, 0.5) is 0 Å². The van der Waals surface area contributed by atoms with E-state index in [1.165, 1.54) is 0 Å². The third kappa shape index (κ3) is 2.93. The van der Waals surface area contributed by atoms with Crippen LogP contribution < -0.4 is 0 Å². The van der Waals surface area contributed by atoms with Crippen molar-refractivity contribution in [1.29, 1.82) is 5.26 Å². The van der Waals surface area contributed by atoms with E-state index in [1.807, 2.05) is 66.2 Å². The Morgan fingerprint density at radius 3 is 2.62 bits per heavy atom. The van der Waals surface area contributed by atoms with Crippen molar-refractivity contribution in [3.05, 3.63) is 77.9 Å². The highest BCUT2D eigenvalue weighted by Gasteiger charge is 2.17. The van der Waals surface area contributed by atoms with Gasteiger partial charge in [-0.15, -0.1) is 0 Å². The zero-order chi connectivity index (χ0) is 17.9. The monoisotopic (exact) mass is 357 g/mol. The first kappa shape index (κ1) is 16.3. The van der Waals surface area contributed by atoms with Gasteiger partial charge in [0.25, 0.3) is 0 Å². The fourth-order valence-electron chi connectivity index (χ4n) is 2.87. The third-order valence-corrected chi connectivity index (χ3v) is 5.14. The predicted octanol–water partition coefficient (Wildman–Crippen LogP) is 4.29. The molecule has 0 N–H and O–H groups in total. The van der Waals surface area contributed by atoms with E-state index in [2.05, 4.69) is 21.1 Å². The summed E-state index contributed by atoms with van der Waals surface area (Å²) in [6, 6.07) is 20.1. The molecule has 0 spiro atoms. The maximum absolute atomic E-state index is 9.59. The molecule has 2 aromatic heterocycles. The summed E-state index contributed by atoms with van der Waals surface area (Å²) in [4.78, 5) is 8.73. The minimum atomic E-state index is 0.597. The average Bonchev–Trinajstić information content (AvgIpc) is 3.02. The summed E-state index contributed by atoms with van der Waals surface area (Å²) in [6.45, 7) is 1.87. The molecule has 2 aromatic carbocycles. The van der Waals surface area contributed by atoms with Gasteiger partial charge in [0.15, 0.2) is 0 Å². The Labute approximate surface area is 155 Å². The normalized spacial score (nSPS) is 10.8. The number of rotatable bonds is 4. The number of para-hydroxylation sites is 2. The summed E-state index contributed by atoms with van der Waals surface area (Å²) < 4.78 is 1.85. The number of fused-ring (bicyclic) bond motifs is 1. The number of hydrogen-bond donors (Lipinski definition) is 0. The van der Waals surface area contributed by atoms with Crippen LogP contribution in [0.1, 0.15) is 17.0 Å². The van der Waals surface area contributed by atoms with E-state index in [1.54, 1.807) is 18.1 Å². The molecule has 2 heterocycles. The molecule has 0 aliphatic rings. The van der Waals surface area contributed by atoms with E-state index in [9.17, 15) is 5.26 Å². The van der Waals surface area contributed by atoms with Gasteiger partial charge in [-0.2, -0.15) is 10.4 Å². The second kappa shape index (κ2) is 6.98. The molecule has 0 saturated heterocycles. The standard InChI is InChI=1S/C20H15N5S/c1-14-17(11-21)19(25(24-14)15-7-3-2-4-8-15)12-26-20-16-9-5-6-10-18(16)22-13-23-20/h2-10,13H,12H2,1H3. The van der Waals surface area contributed by atoms with Crippen LogP contribution in [-0.2, 0) is 5.75 Å². The van der Waals surface area contributed by atoms with Gasteiger partial charge >= 0.3 is 0 Å². The van der Waals surface area contributed by atoms with E-state index >= 15 is 0 Å². The SMILES string of the molecule is Cc1nn(-c2ccccc2)c(CSc2ncnc3ccccc23)c1C#N. The number of aryl methyl sites for hydroxylation is 1. The molecular formula is C20H15N5S. The zero-order valence-corrected chi connectivity index (χ0v) is 14.9. The minimum Gasteiger partial charge on any atom is -0.236 e. The topological polar surface area (TPSA) is 67.4 Å². The van der Waals surface area contributed by atoms with Crippen molar-refractivity contribution in [3.63, 3.8) is 0 Å². The number of nitrogens with zero attached hydrogens (tertiary/aromatic N) is 5. The fraction of sp³-hybridized carbons (Fsp3) is 0.100. The zero-order valence-electron chi connectivity index (χ0n) is 14.1. The van der Waals surface area contributed by atoms with Crippen molar-refractivity contribution in [2.24, 2.45) is 0 Å². The van der Waals surface area contributed by atoms with E-state index in [4.69, 9.17) is 0 Å². The Morgan fingerprint density at radius 2 is 1.81 bits per heavy atom. The summed E-state index contributed by atoms with van der Waals surface area (Å²) in [5.74, 6) is 0.597. The third-order valence-electron chi connectivity index (χ3n) is 4.12. The van der Waals surface area contributed by atoms with Crippen LogP contribution in [0.3, 0.4) is 0 Å². The summed E-state index contributed by atoms with van der Waals surface area (Å²) in [5, 5.41) is 16.1. The molecule has 0 amide bonds. The van der Waals surface area contributed by atoms with Gasteiger partial charge in [0.2, 0.25) is 0 Å². The molecular weight excluding hydrogens is 342 g/mol. The fourth-order valence-corrected chi connectivity index (χ4v) is 3.86. The molecule has 5 nitrogen and oxygen atoms in total. The summed E-state index contributed by atoms with van der Waals surface area (Å²) >= 11 is 1.59. The first-order valence-corrected chi connectivity index (χ1v) is 9.13. The van der Waals surface area contributed by atoms with Gasteiger partial charge in [0, 0.05) is 11.1 Å². The molecule has 26 heavy (non-hydrogen) atoms. The lowest BCUT2D eigenvalue weighted by molar-refractivity contribution is 0.828. The second-order valence-corrected chi connectivity index (χ2v) is 6.71. The molecule has 0 radical (unpaired) electrons. The largest absolute Gasteiger partial charge is 0.236 e. The molecule has 0 aliphatic carbocycles. The maximum Gasteiger partial charge on any atom is 0.117 e. The van der Waals surface area contributed by atoms with Gasteiger partial charge in [-0.1, -0.05) is 48.2 Å². The van der Waals surface area contributed by atoms with Crippen molar-refractivity contribution in [1.82, 2.24) is 19.7 Å². The summed E-state index contributed by atoms with van der Waals surface area (Å²) in [6.07, 6.45) is 1.58. The van der Waals surface area contributed by atoms with Crippen LogP contribution in [0, 0.1) is 18.3 Å². The predicted molar refractivity (Wildman–Crippen MR) is 102 cm³/mol. The van der Waals surface area contributed by atoms with Crippen LogP contribution in [0.2, 0.25) is 0 Å². The van der Waals surface area contributed by atoms with Crippen LogP contribution in [0.15, 0.2) is 66.0 Å². The molecule has 4 rings (SSSR count). The Hall–Kier alpha value is -3.17. The smallest absolute Gasteiger partial charge is 0.117 e. The Morgan fingerprint density at radius 1 is 1.04 bits per heavy atom. The van der Waals surface area contributed by atoms with Gasteiger partial charge in [-0.25, -0.2) is 14.6 Å². The molecule has 4 aromatic rings. The number of benzene rings is 2. The van der Waals surface area contributed by atoms with Gasteiger partial charge < -0.3 is 0 Å². The molecule has 0 aliphatic heterocycles. The second-order valence-electron chi connectivity index (χ2n) is 5.75. The lowest BCUT2D eigenvalue weighted by Gasteiger charge is -2.08. The molecule has 0 atom stereocenters. The van der Waals surface area contributed by atoms with Crippen LogP contribution in [0.25, 0.3) is 16.6 Å². The highest BCUT2D eigenvalue weighted by Crippen LogP contribution is 2.30. The van der Waals surface area contributed by atoms with Crippen molar-refractivity contribution < 1.29 is 0 Å². The van der Waals surface area contributed by atoms with Crippen LogP contribution >= 0.6 is 11.8 Å². The Kier molecular flexibility index (Phi) is 4.38. The van der Waals surface area contributed by atoms with Gasteiger partial charge in [0.1, 0.15) is 17.4 Å². The van der Waals surface area contributed by atoms with Crippen LogP contribution in [-0.4, -0.2) is 19.7 Å². The van der Waals surface area contributed by atoms with E-state index in [0.717, 1.165) is 33.0 Å². The van der Waals surface area contributed by atoms with Gasteiger partial charge in [0.05, 0.1) is 28.2 Å². The molecule has 0 bridgehead atoms. The highest BCUT2D eigenvalue weighted by atomic mass is 32.2. The first-order chi connectivity index (χ1) is 12.8. The highest BCUT2D eigenvalue weighted by molar-refractivity contribution is 7.98. The Balaban J connectivity index is 1.73. The molecule has 0 unspecified atom stereocenters. The minimum absolute atomic E-state index is 0.597. The van der Waals surface area contributed by atoms with E-state index < -0.39 is 0 Å². The summed E-state index contributed by atoms with van der Waals surface area (Å²) in [5.41, 5.74) is 4.10. The maximum atomic E-state index is 9.59. The number of hydrogen-bond acceptors (Lipinski definition) is 5. The van der Waals surface area contributed by atoms with Crippen molar-refractivity contribution in [3.8, 4) is 11.8 Å². The number of thioether (sulfide) groups is 1. The molecule has 126 valence electrons. The van der Waals surface area contributed by atoms with Crippen LogP contribution in [0.5, 0.6) is 0 Å². The van der Waals surface area contributed by atoms with Gasteiger partial charge in [-0.05, 0) is 25.1 Å². The lowest BCUT2D eigenvalue weighted by atomic mass is 10.2. The average molecular weight is 357 g/mol. The molecule has 0 fully saturated rings. The first-order valence-electron chi connectivity index (χ1n) is 8.14. The number of nitriles is 1. The molecule has 0 saturated carbocycles. The van der Waals surface area contributed by atoms with E-state index in [-0.39, 0.29) is 0 Å². The van der Waals surface area contributed by atoms with Crippen molar-refractivity contribution >= 4 is 22.7 Å². The van der Waals surface area contributed by atoms with E-state index in [0.29, 0.717) is 11.3 Å². The Bertz CT molecular complexity index is 1110. The van der Waals surface area contributed by atoms with Gasteiger partial charge in [-0.3, -0.25) is 0 Å².